The summed E-state index contributed by atoms with van der Waals surface area (Å²) in [6.45, 7) is -1.18. The lowest BCUT2D eigenvalue weighted by molar-refractivity contribution is -0.277. The van der Waals surface area contributed by atoms with Gasteiger partial charge in [0.25, 0.3) is 0 Å². The monoisotopic (exact) mass is 552 g/mol. The van der Waals surface area contributed by atoms with Crippen LogP contribution in [0.15, 0.2) is 42.5 Å². The van der Waals surface area contributed by atoms with Crippen molar-refractivity contribution in [2.75, 3.05) is 13.2 Å². The molecular formula is C26H32O13. The van der Waals surface area contributed by atoms with Gasteiger partial charge in [0.15, 0.2) is 0 Å². The molecule has 0 amide bonds. The highest BCUT2D eigenvalue weighted by molar-refractivity contribution is 5.71. The van der Waals surface area contributed by atoms with E-state index in [1.54, 1.807) is 36.4 Å². The summed E-state index contributed by atoms with van der Waals surface area (Å²) in [5.41, 5.74) is 1.23. The standard InChI is InChI=1S/C26H32O13/c27-10-17-19(30)21(32)23(34)25(38-17)36-15-5-3-12(4-6-15)1-2-13-7-14(29)9-16(8-13)37-26-24(35)22(33)20(31)18(11-28)39-26/h1-9,17-35H,10-11H2/b2-1+/t17?,18?,19-,20-,21?,22?,23?,24?,25-,26-/m1/s1. The smallest absolute Gasteiger partial charge is 0.229 e. The zero-order valence-electron chi connectivity index (χ0n) is 20.5. The summed E-state index contributed by atoms with van der Waals surface area (Å²) < 4.78 is 21.8. The van der Waals surface area contributed by atoms with Gasteiger partial charge in [0.2, 0.25) is 12.6 Å². The van der Waals surface area contributed by atoms with E-state index >= 15 is 0 Å². The number of benzene rings is 2. The maximum absolute atomic E-state index is 10.2. The van der Waals surface area contributed by atoms with Crippen LogP contribution in [0.5, 0.6) is 17.2 Å². The minimum absolute atomic E-state index is 0.0993. The largest absolute Gasteiger partial charge is 0.508 e. The molecule has 4 rings (SSSR count). The second-order valence-corrected chi connectivity index (χ2v) is 9.29. The van der Waals surface area contributed by atoms with E-state index in [1.165, 1.54) is 18.2 Å². The maximum Gasteiger partial charge on any atom is 0.229 e. The third kappa shape index (κ3) is 6.67. The van der Waals surface area contributed by atoms with Gasteiger partial charge in [-0.05, 0) is 35.4 Å². The molecule has 2 aromatic rings. The molecule has 0 radical (unpaired) electrons. The Balaban J connectivity index is 1.40. The summed E-state index contributed by atoms with van der Waals surface area (Å²) in [7, 11) is 0. The molecule has 10 atom stereocenters. The number of ether oxygens (including phenoxy) is 4. The Morgan fingerprint density at radius 3 is 1.59 bits per heavy atom. The molecule has 2 aromatic carbocycles. The predicted molar refractivity (Wildman–Crippen MR) is 132 cm³/mol. The number of hydrogen-bond acceptors (Lipinski definition) is 13. The normalized spacial score (nSPS) is 35.2. The van der Waals surface area contributed by atoms with E-state index in [0.717, 1.165) is 5.56 Å². The summed E-state index contributed by atoms with van der Waals surface area (Å²) in [5, 5.41) is 88.7. The van der Waals surface area contributed by atoms with Crippen molar-refractivity contribution in [1.29, 1.82) is 0 Å². The van der Waals surface area contributed by atoms with E-state index in [9.17, 15) is 46.0 Å². The second-order valence-electron chi connectivity index (χ2n) is 9.29. The van der Waals surface area contributed by atoms with E-state index in [1.807, 2.05) is 0 Å². The fourth-order valence-electron chi connectivity index (χ4n) is 4.22. The van der Waals surface area contributed by atoms with Crippen LogP contribution >= 0.6 is 0 Å². The molecule has 2 aliphatic heterocycles. The van der Waals surface area contributed by atoms with E-state index in [-0.39, 0.29) is 11.5 Å². The van der Waals surface area contributed by atoms with E-state index in [2.05, 4.69) is 0 Å². The fraction of sp³-hybridized carbons (Fsp3) is 0.462. The van der Waals surface area contributed by atoms with Crippen molar-refractivity contribution in [2.24, 2.45) is 0 Å². The van der Waals surface area contributed by atoms with Gasteiger partial charge in [-0.15, -0.1) is 0 Å². The molecule has 2 fully saturated rings. The molecule has 13 nitrogen and oxygen atoms in total. The lowest BCUT2D eigenvalue weighted by Crippen LogP contribution is -2.60. The van der Waals surface area contributed by atoms with Crippen molar-refractivity contribution < 1.29 is 64.9 Å². The minimum atomic E-state index is -1.61. The predicted octanol–water partition coefficient (Wildman–Crippen LogP) is -2.08. The average molecular weight is 553 g/mol. The van der Waals surface area contributed by atoms with Gasteiger partial charge >= 0.3 is 0 Å². The van der Waals surface area contributed by atoms with Crippen molar-refractivity contribution in [3.05, 3.63) is 53.6 Å². The Morgan fingerprint density at radius 2 is 1.08 bits per heavy atom. The zero-order chi connectivity index (χ0) is 28.3. The van der Waals surface area contributed by atoms with Crippen LogP contribution in [0.2, 0.25) is 0 Å². The van der Waals surface area contributed by atoms with Gasteiger partial charge in [-0.2, -0.15) is 0 Å². The van der Waals surface area contributed by atoms with Gasteiger partial charge in [-0.25, -0.2) is 0 Å². The number of aromatic hydroxyl groups is 1. The first-order valence-electron chi connectivity index (χ1n) is 12.2. The SMILES string of the molecule is OCC1O[C@@H](Oc2ccc(/C=C/c3cc(O)cc(O[C@@H]4OC(CO)[C@@H](O)C(O)C4O)c3)cc2)C(O)C(O)[C@@H]1O. The third-order valence-electron chi connectivity index (χ3n) is 6.46. The number of rotatable bonds is 8. The van der Waals surface area contributed by atoms with Gasteiger partial charge in [0, 0.05) is 6.07 Å². The molecule has 13 heteroatoms. The number of phenolic OH excluding ortho intramolecular Hbond substituents is 1. The van der Waals surface area contributed by atoms with Crippen LogP contribution in [-0.2, 0) is 9.47 Å². The number of hydrogen-bond donors (Lipinski definition) is 9. The van der Waals surface area contributed by atoms with Gasteiger partial charge < -0.3 is 64.9 Å². The first-order valence-corrected chi connectivity index (χ1v) is 12.2. The molecule has 0 aromatic heterocycles. The molecule has 6 unspecified atom stereocenters. The lowest BCUT2D eigenvalue weighted by Gasteiger charge is -2.39. The number of phenols is 1. The Kier molecular flexibility index (Phi) is 9.40. The Bertz CT molecular complexity index is 1110. The van der Waals surface area contributed by atoms with Gasteiger partial charge in [0.05, 0.1) is 13.2 Å². The zero-order valence-corrected chi connectivity index (χ0v) is 20.5. The first-order chi connectivity index (χ1) is 18.6. The molecule has 214 valence electrons. The highest BCUT2D eigenvalue weighted by atomic mass is 16.7. The minimum Gasteiger partial charge on any atom is -0.508 e. The summed E-state index contributed by atoms with van der Waals surface area (Å²) in [4.78, 5) is 0. The van der Waals surface area contributed by atoms with Crippen molar-refractivity contribution in [3.8, 4) is 17.2 Å². The lowest BCUT2D eigenvalue weighted by atomic mass is 9.99. The molecular weight excluding hydrogens is 520 g/mol. The van der Waals surface area contributed by atoms with Crippen molar-refractivity contribution in [1.82, 2.24) is 0 Å². The Labute approximate surface area is 222 Å². The van der Waals surface area contributed by atoms with Gasteiger partial charge in [-0.1, -0.05) is 24.3 Å². The molecule has 0 aliphatic carbocycles. The highest BCUT2D eigenvalue weighted by Crippen LogP contribution is 2.29. The van der Waals surface area contributed by atoms with Crippen LogP contribution in [0.4, 0.5) is 0 Å². The molecule has 2 aliphatic rings. The number of aliphatic hydroxyl groups excluding tert-OH is 8. The van der Waals surface area contributed by atoms with Gasteiger partial charge in [-0.3, -0.25) is 0 Å². The average Bonchev–Trinajstić information content (AvgIpc) is 2.93. The van der Waals surface area contributed by atoms with Crippen LogP contribution in [0.3, 0.4) is 0 Å². The van der Waals surface area contributed by atoms with Crippen molar-refractivity contribution in [3.63, 3.8) is 0 Å². The van der Waals surface area contributed by atoms with Crippen LogP contribution in [0.25, 0.3) is 12.2 Å². The van der Waals surface area contributed by atoms with Gasteiger partial charge in [0.1, 0.15) is 66.1 Å². The van der Waals surface area contributed by atoms with E-state index in [0.29, 0.717) is 11.3 Å². The second kappa shape index (κ2) is 12.6. The molecule has 2 saturated heterocycles. The maximum atomic E-state index is 10.2. The molecule has 0 spiro atoms. The molecule has 0 saturated carbocycles. The Morgan fingerprint density at radius 1 is 0.590 bits per heavy atom. The third-order valence-corrected chi connectivity index (χ3v) is 6.46. The van der Waals surface area contributed by atoms with E-state index in [4.69, 9.17) is 18.9 Å². The highest BCUT2D eigenvalue weighted by Gasteiger charge is 2.45. The van der Waals surface area contributed by atoms with Crippen LogP contribution < -0.4 is 9.47 Å². The molecule has 9 N–H and O–H groups in total. The van der Waals surface area contributed by atoms with Crippen molar-refractivity contribution in [2.45, 2.75) is 61.4 Å². The first kappa shape index (κ1) is 29.2. The molecule has 0 bridgehead atoms. The summed E-state index contributed by atoms with van der Waals surface area (Å²) in [5.74, 6) is 0.242. The summed E-state index contributed by atoms with van der Waals surface area (Å²) in [6, 6.07) is 10.8. The molecule has 39 heavy (non-hydrogen) atoms. The number of aliphatic hydroxyl groups is 8. The van der Waals surface area contributed by atoms with Crippen molar-refractivity contribution >= 4 is 12.2 Å². The molecule has 2 heterocycles. The summed E-state index contributed by atoms with van der Waals surface area (Å²) >= 11 is 0. The fourth-order valence-corrected chi connectivity index (χ4v) is 4.22. The van der Waals surface area contributed by atoms with E-state index < -0.39 is 74.6 Å². The van der Waals surface area contributed by atoms with Crippen LogP contribution in [0, 0.1) is 0 Å². The quantitative estimate of drug-likeness (QED) is 0.161. The summed E-state index contributed by atoms with van der Waals surface area (Å²) in [6.07, 6.45) is -10.9. The van der Waals surface area contributed by atoms with Crippen LogP contribution in [0.1, 0.15) is 11.1 Å². The van der Waals surface area contributed by atoms with Crippen LogP contribution in [-0.4, -0.2) is 121 Å². The topological polar surface area (TPSA) is 219 Å². The Hall–Kier alpha value is -2.82.